The Kier molecular flexibility index (Phi) is 6.40. The fraction of sp³-hybridized carbons (Fsp3) is 0.231. The number of rotatable bonds is 7. The van der Waals surface area contributed by atoms with Crippen molar-refractivity contribution in [1.82, 2.24) is 0 Å². The molecular weight excluding hydrogens is 404 g/mol. The van der Waals surface area contributed by atoms with E-state index in [1.54, 1.807) is 30.0 Å². The highest BCUT2D eigenvalue weighted by Gasteiger charge is 2.31. The molecule has 6 nitrogen and oxygen atoms in total. The first-order valence-corrected chi connectivity index (χ1v) is 10.6. The maximum absolute atomic E-state index is 12.8. The van der Waals surface area contributed by atoms with Gasteiger partial charge in [-0.3, -0.25) is 9.59 Å². The number of aryl methyl sites for hydroxylation is 1. The van der Waals surface area contributed by atoms with Crippen molar-refractivity contribution in [3.05, 3.63) is 83.9 Å². The van der Waals surface area contributed by atoms with Crippen molar-refractivity contribution in [2.45, 2.75) is 26.4 Å². The molecule has 0 aromatic heterocycles. The molecule has 1 N–H and O–H groups in total. The van der Waals surface area contributed by atoms with Gasteiger partial charge >= 0.3 is 0 Å². The van der Waals surface area contributed by atoms with Gasteiger partial charge in [0, 0.05) is 5.69 Å². The highest BCUT2D eigenvalue weighted by atomic mass is 16.5. The van der Waals surface area contributed by atoms with Gasteiger partial charge in [-0.1, -0.05) is 42.5 Å². The van der Waals surface area contributed by atoms with E-state index in [0.29, 0.717) is 30.3 Å². The van der Waals surface area contributed by atoms with Crippen LogP contribution in [0.5, 0.6) is 11.5 Å². The second kappa shape index (κ2) is 9.56. The number of hydrogen-bond acceptors (Lipinski definition) is 4. The van der Waals surface area contributed by atoms with Gasteiger partial charge in [0.15, 0.2) is 6.10 Å². The zero-order valence-electron chi connectivity index (χ0n) is 18.2. The number of ether oxygens (including phenoxy) is 2. The third-order valence-corrected chi connectivity index (χ3v) is 5.23. The fourth-order valence-corrected chi connectivity index (χ4v) is 3.66. The SMILES string of the molecule is Cc1cccc(OCCN2C(=O)C(C)Oc3ccc(NC(=O)Cc4ccccc4)cc32)c1. The summed E-state index contributed by atoms with van der Waals surface area (Å²) in [7, 11) is 0. The van der Waals surface area contributed by atoms with Gasteiger partial charge in [0.1, 0.15) is 18.1 Å². The molecule has 0 radical (unpaired) electrons. The minimum absolute atomic E-state index is 0.123. The second-order valence-corrected chi connectivity index (χ2v) is 7.81. The molecule has 0 spiro atoms. The topological polar surface area (TPSA) is 67.9 Å². The van der Waals surface area contributed by atoms with Gasteiger partial charge in [-0.2, -0.15) is 0 Å². The maximum Gasteiger partial charge on any atom is 0.267 e. The standard InChI is InChI=1S/C26H26N2O4/c1-18-7-6-10-22(15-18)31-14-13-28-23-17-21(11-12-24(23)32-19(2)26(28)30)27-25(29)16-20-8-4-3-5-9-20/h3-12,15,17,19H,13-14,16H2,1-2H3,(H,27,29). The number of carbonyl (C=O) groups is 2. The number of benzene rings is 3. The van der Waals surface area contributed by atoms with E-state index in [4.69, 9.17) is 9.47 Å². The molecule has 1 heterocycles. The minimum atomic E-state index is -0.583. The van der Waals surface area contributed by atoms with Crippen LogP contribution >= 0.6 is 0 Å². The third-order valence-electron chi connectivity index (χ3n) is 5.23. The number of amides is 2. The van der Waals surface area contributed by atoms with Crippen molar-refractivity contribution in [3.8, 4) is 11.5 Å². The van der Waals surface area contributed by atoms with Gasteiger partial charge in [-0.05, 0) is 55.3 Å². The van der Waals surface area contributed by atoms with Gasteiger partial charge in [0.2, 0.25) is 5.91 Å². The Hall–Kier alpha value is -3.80. The lowest BCUT2D eigenvalue weighted by atomic mass is 10.1. The maximum atomic E-state index is 12.8. The van der Waals surface area contributed by atoms with Crippen LogP contribution in [-0.4, -0.2) is 31.1 Å². The Morgan fingerprint density at radius 1 is 1.06 bits per heavy atom. The van der Waals surface area contributed by atoms with E-state index in [1.165, 1.54) is 0 Å². The first kappa shape index (κ1) is 21.4. The smallest absolute Gasteiger partial charge is 0.267 e. The van der Waals surface area contributed by atoms with Crippen molar-refractivity contribution in [3.63, 3.8) is 0 Å². The van der Waals surface area contributed by atoms with Crippen molar-refractivity contribution >= 4 is 23.2 Å². The largest absolute Gasteiger partial charge is 0.492 e. The normalized spacial score (nSPS) is 15.0. The van der Waals surface area contributed by atoms with Gasteiger partial charge < -0.3 is 19.7 Å². The lowest BCUT2D eigenvalue weighted by molar-refractivity contribution is -0.125. The summed E-state index contributed by atoms with van der Waals surface area (Å²) in [5, 5.41) is 2.91. The van der Waals surface area contributed by atoms with Crippen LogP contribution in [0, 0.1) is 6.92 Å². The minimum Gasteiger partial charge on any atom is -0.492 e. The Bertz CT molecular complexity index is 1110. The molecule has 1 atom stereocenters. The molecule has 0 bridgehead atoms. The highest BCUT2D eigenvalue weighted by molar-refractivity contribution is 6.01. The van der Waals surface area contributed by atoms with Crippen molar-refractivity contribution in [1.29, 1.82) is 0 Å². The number of anilines is 2. The summed E-state index contributed by atoms with van der Waals surface area (Å²) < 4.78 is 11.6. The Morgan fingerprint density at radius 3 is 2.66 bits per heavy atom. The van der Waals surface area contributed by atoms with Gasteiger partial charge in [0.05, 0.1) is 18.7 Å². The van der Waals surface area contributed by atoms with Crippen LogP contribution in [-0.2, 0) is 16.0 Å². The van der Waals surface area contributed by atoms with Crippen LogP contribution < -0.4 is 19.7 Å². The molecule has 0 saturated heterocycles. The van der Waals surface area contributed by atoms with E-state index in [9.17, 15) is 9.59 Å². The molecule has 4 rings (SSSR count). The molecule has 2 amide bonds. The number of nitrogens with zero attached hydrogens (tertiary/aromatic N) is 1. The van der Waals surface area contributed by atoms with Crippen molar-refractivity contribution in [2.75, 3.05) is 23.4 Å². The van der Waals surface area contributed by atoms with Crippen molar-refractivity contribution in [2.24, 2.45) is 0 Å². The summed E-state index contributed by atoms with van der Waals surface area (Å²) in [4.78, 5) is 26.9. The van der Waals surface area contributed by atoms with E-state index >= 15 is 0 Å². The molecular formula is C26H26N2O4. The quantitative estimate of drug-likeness (QED) is 0.604. The summed E-state index contributed by atoms with van der Waals surface area (Å²) in [6.45, 7) is 4.44. The van der Waals surface area contributed by atoms with E-state index in [1.807, 2.05) is 61.5 Å². The Labute approximate surface area is 187 Å². The van der Waals surface area contributed by atoms with E-state index in [-0.39, 0.29) is 18.2 Å². The van der Waals surface area contributed by atoms with Crippen LogP contribution in [0.25, 0.3) is 0 Å². The molecule has 32 heavy (non-hydrogen) atoms. The predicted molar refractivity (Wildman–Crippen MR) is 124 cm³/mol. The summed E-state index contributed by atoms with van der Waals surface area (Å²) in [6, 6.07) is 22.7. The van der Waals surface area contributed by atoms with Crippen LogP contribution in [0.15, 0.2) is 72.8 Å². The first-order chi connectivity index (χ1) is 15.5. The second-order valence-electron chi connectivity index (χ2n) is 7.81. The monoisotopic (exact) mass is 430 g/mol. The van der Waals surface area contributed by atoms with E-state index in [2.05, 4.69) is 5.32 Å². The highest BCUT2D eigenvalue weighted by Crippen LogP contribution is 2.36. The average Bonchev–Trinajstić information content (AvgIpc) is 2.77. The number of hydrogen-bond donors (Lipinski definition) is 1. The number of carbonyl (C=O) groups excluding carboxylic acids is 2. The molecule has 3 aromatic carbocycles. The van der Waals surface area contributed by atoms with Gasteiger partial charge in [-0.15, -0.1) is 0 Å². The lowest BCUT2D eigenvalue weighted by Gasteiger charge is -2.33. The summed E-state index contributed by atoms with van der Waals surface area (Å²) in [5.74, 6) is 1.11. The van der Waals surface area contributed by atoms with E-state index in [0.717, 1.165) is 16.9 Å². The Morgan fingerprint density at radius 2 is 1.88 bits per heavy atom. The molecule has 6 heteroatoms. The fourth-order valence-electron chi connectivity index (χ4n) is 3.66. The third kappa shape index (κ3) is 5.09. The van der Waals surface area contributed by atoms with Crippen LogP contribution in [0.1, 0.15) is 18.1 Å². The van der Waals surface area contributed by atoms with Gasteiger partial charge in [0.25, 0.3) is 5.91 Å². The van der Waals surface area contributed by atoms with Crippen LogP contribution in [0.4, 0.5) is 11.4 Å². The molecule has 1 unspecified atom stereocenters. The summed E-state index contributed by atoms with van der Waals surface area (Å²) in [6.07, 6.45) is -0.307. The molecule has 1 aliphatic rings. The lowest BCUT2D eigenvalue weighted by Crippen LogP contribution is -2.46. The number of nitrogens with one attached hydrogen (secondary N) is 1. The van der Waals surface area contributed by atoms with Gasteiger partial charge in [-0.25, -0.2) is 0 Å². The Balaban J connectivity index is 1.46. The van der Waals surface area contributed by atoms with Crippen molar-refractivity contribution < 1.29 is 19.1 Å². The summed E-state index contributed by atoms with van der Waals surface area (Å²) in [5.41, 5.74) is 3.28. The predicted octanol–water partition coefficient (Wildman–Crippen LogP) is 4.37. The van der Waals surface area contributed by atoms with E-state index < -0.39 is 6.10 Å². The molecule has 0 fully saturated rings. The van der Waals surface area contributed by atoms with Crippen LogP contribution in [0.2, 0.25) is 0 Å². The zero-order valence-corrected chi connectivity index (χ0v) is 18.2. The zero-order chi connectivity index (χ0) is 22.5. The molecule has 164 valence electrons. The average molecular weight is 431 g/mol. The molecule has 1 aliphatic heterocycles. The van der Waals surface area contributed by atoms with Crippen LogP contribution in [0.3, 0.4) is 0 Å². The first-order valence-electron chi connectivity index (χ1n) is 10.6. The number of fused-ring (bicyclic) bond motifs is 1. The molecule has 0 aliphatic carbocycles. The molecule has 0 saturated carbocycles. The molecule has 3 aromatic rings. The summed E-state index contributed by atoms with van der Waals surface area (Å²) >= 11 is 0.